The highest BCUT2D eigenvalue weighted by Gasteiger charge is 2.56. The van der Waals surface area contributed by atoms with Gasteiger partial charge in [-0.25, -0.2) is 14.4 Å². The fraction of sp³-hybridized carbons (Fsp3) is 0.480. The molecule has 5 rings (SSSR count). The van der Waals surface area contributed by atoms with Crippen LogP contribution in [0, 0.1) is 11.7 Å². The average molecular weight is 506 g/mol. The summed E-state index contributed by atoms with van der Waals surface area (Å²) in [6.07, 6.45) is 0.577. The minimum Gasteiger partial charge on any atom is -0.386 e. The van der Waals surface area contributed by atoms with Crippen molar-refractivity contribution in [3.63, 3.8) is 0 Å². The van der Waals surface area contributed by atoms with E-state index in [1.807, 2.05) is 0 Å². The summed E-state index contributed by atoms with van der Waals surface area (Å²) in [6, 6.07) is 4.33. The molecule has 2 atom stereocenters. The van der Waals surface area contributed by atoms with Crippen molar-refractivity contribution in [2.45, 2.75) is 56.7 Å². The molecule has 4 heterocycles. The number of imidazole rings is 1. The van der Waals surface area contributed by atoms with Crippen molar-refractivity contribution in [1.82, 2.24) is 19.7 Å². The van der Waals surface area contributed by atoms with E-state index in [-0.39, 0.29) is 40.6 Å². The molecule has 1 saturated carbocycles. The number of aromatic nitrogens is 3. The third kappa shape index (κ3) is 4.69. The fourth-order valence-electron chi connectivity index (χ4n) is 4.97. The zero-order valence-corrected chi connectivity index (χ0v) is 19.9. The molecule has 3 aromatic heterocycles. The molecule has 3 N–H and O–H groups in total. The predicted octanol–water partition coefficient (Wildman–Crippen LogP) is 4.48. The van der Waals surface area contributed by atoms with E-state index in [1.165, 1.54) is 42.6 Å². The summed E-state index contributed by atoms with van der Waals surface area (Å²) in [5.41, 5.74) is -0.887. The summed E-state index contributed by atoms with van der Waals surface area (Å²) in [5.74, 6) is -3.55. The minimum atomic E-state index is -4.31. The standard InChI is InChI=1S/C25H27F4N5O2/c1-24(2,36)20-19(12-34-11-18(32-22(34)21(20)26)13-6-8-30-9-7-13)33-23(35)17-5-3-4-16(31-17)14-10-15(14)25(27,28)29/h3-5,11-15,30,36H,6-10H2,1-2H3,(H,33,35)/t14-,15-/m1/s1. The first-order chi connectivity index (χ1) is 16.9. The summed E-state index contributed by atoms with van der Waals surface area (Å²) < 4.78 is 56.1. The number of amides is 1. The lowest BCUT2D eigenvalue weighted by molar-refractivity contribution is -0.148. The summed E-state index contributed by atoms with van der Waals surface area (Å²) in [7, 11) is 0. The van der Waals surface area contributed by atoms with Gasteiger partial charge in [0.15, 0.2) is 11.5 Å². The number of nitrogens with one attached hydrogen (secondary N) is 2. The van der Waals surface area contributed by atoms with Gasteiger partial charge < -0.3 is 20.1 Å². The lowest BCUT2D eigenvalue weighted by atomic mass is 9.95. The Kier molecular flexibility index (Phi) is 6.03. The Bertz CT molecular complexity index is 1310. The van der Waals surface area contributed by atoms with Crippen molar-refractivity contribution in [3.05, 3.63) is 59.1 Å². The van der Waals surface area contributed by atoms with Gasteiger partial charge in [-0.1, -0.05) is 6.07 Å². The van der Waals surface area contributed by atoms with Gasteiger partial charge in [0, 0.05) is 35.5 Å². The van der Waals surface area contributed by atoms with Crippen LogP contribution in [0.5, 0.6) is 0 Å². The SMILES string of the molecule is CC(C)(O)c1c(NC(=O)c2cccc([C@@H]3C[C@H]3C(F)(F)F)n2)cn2cc(C3CCNCC3)nc2c1F. The van der Waals surface area contributed by atoms with E-state index in [1.54, 1.807) is 6.20 Å². The molecule has 0 aromatic carbocycles. The molecule has 2 fully saturated rings. The third-order valence-electron chi connectivity index (χ3n) is 6.92. The number of rotatable bonds is 5. The summed E-state index contributed by atoms with van der Waals surface area (Å²) in [4.78, 5) is 21.7. The molecular weight excluding hydrogens is 478 g/mol. The molecule has 11 heteroatoms. The predicted molar refractivity (Wildman–Crippen MR) is 124 cm³/mol. The summed E-state index contributed by atoms with van der Waals surface area (Å²) >= 11 is 0. The van der Waals surface area contributed by atoms with Crippen molar-refractivity contribution < 1.29 is 27.5 Å². The largest absolute Gasteiger partial charge is 0.392 e. The maximum absolute atomic E-state index is 15.7. The molecular formula is C25H27F4N5O2. The number of fused-ring (bicyclic) bond motifs is 1. The van der Waals surface area contributed by atoms with E-state index in [0.717, 1.165) is 31.6 Å². The second kappa shape index (κ2) is 8.81. The number of hydrogen-bond acceptors (Lipinski definition) is 5. The van der Waals surface area contributed by atoms with Crippen LogP contribution in [0.1, 0.15) is 72.4 Å². The fourth-order valence-corrected chi connectivity index (χ4v) is 4.97. The van der Waals surface area contributed by atoms with Gasteiger partial charge >= 0.3 is 6.18 Å². The topological polar surface area (TPSA) is 91.5 Å². The molecule has 1 aliphatic carbocycles. The van der Waals surface area contributed by atoms with Crippen molar-refractivity contribution >= 4 is 17.2 Å². The molecule has 0 unspecified atom stereocenters. The van der Waals surface area contributed by atoms with Crippen LogP contribution >= 0.6 is 0 Å². The lowest BCUT2D eigenvalue weighted by Crippen LogP contribution is -2.26. The van der Waals surface area contributed by atoms with Crippen molar-refractivity contribution in [1.29, 1.82) is 0 Å². The Morgan fingerprint density at radius 3 is 2.50 bits per heavy atom. The molecule has 0 spiro atoms. The first-order valence-corrected chi connectivity index (χ1v) is 11.9. The van der Waals surface area contributed by atoms with E-state index in [2.05, 4.69) is 20.6 Å². The van der Waals surface area contributed by atoms with Crippen LogP contribution in [0.3, 0.4) is 0 Å². The molecule has 1 saturated heterocycles. The summed E-state index contributed by atoms with van der Waals surface area (Å²) in [6.45, 7) is 4.48. The maximum atomic E-state index is 15.7. The van der Waals surface area contributed by atoms with Crippen molar-refractivity contribution in [2.75, 3.05) is 18.4 Å². The highest BCUT2D eigenvalue weighted by molar-refractivity contribution is 6.03. The first kappa shape index (κ1) is 24.6. The van der Waals surface area contributed by atoms with E-state index in [9.17, 15) is 23.1 Å². The number of anilines is 1. The Hall–Kier alpha value is -3.05. The van der Waals surface area contributed by atoms with Gasteiger partial charge in [-0.3, -0.25) is 4.79 Å². The van der Waals surface area contributed by atoms with Crippen molar-refractivity contribution in [2.24, 2.45) is 5.92 Å². The van der Waals surface area contributed by atoms with Crippen LogP contribution < -0.4 is 10.6 Å². The number of nitrogens with zero attached hydrogens (tertiary/aromatic N) is 3. The van der Waals surface area contributed by atoms with Crippen LogP contribution in [0.25, 0.3) is 5.65 Å². The van der Waals surface area contributed by atoms with Gasteiger partial charge in [0.1, 0.15) is 5.69 Å². The number of alkyl halides is 3. The number of carbonyl (C=O) groups is 1. The van der Waals surface area contributed by atoms with Gasteiger partial charge in [-0.2, -0.15) is 13.2 Å². The molecule has 192 valence electrons. The van der Waals surface area contributed by atoms with Gasteiger partial charge in [0.2, 0.25) is 0 Å². The third-order valence-corrected chi connectivity index (χ3v) is 6.92. The number of aliphatic hydroxyl groups is 1. The molecule has 36 heavy (non-hydrogen) atoms. The minimum absolute atomic E-state index is 0.0264. The van der Waals surface area contributed by atoms with Crippen LogP contribution in [0.4, 0.5) is 23.2 Å². The Balaban J connectivity index is 1.47. The summed E-state index contributed by atoms with van der Waals surface area (Å²) in [5, 5.41) is 16.6. The van der Waals surface area contributed by atoms with E-state index in [4.69, 9.17) is 0 Å². The monoisotopic (exact) mass is 505 g/mol. The van der Waals surface area contributed by atoms with Crippen LogP contribution in [0.15, 0.2) is 30.6 Å². The second-order valence-electron chi connectivity index (χ2n) is 10.1. The molecule has 1 aliphatic heterocycles. The van der Waals surface area contributed by atoms with Crippen LogP contribution in [-0.4, -0.2) is 44.6 Å². The smallest absolute Gasteiger partial charge is 0.386 e. The van der Waals surface area contributed by atoms with E-state index in [0.29, 0.717) is 0 Å². The van der Waals surface area contributed by atoms with Gasteiger partial charge in [0.25, 0.3) is 5.91 Å². The highest BCUT2D eigenvalue weighted by atomic mass is 19.4. The first-order valence-electron chi connectivity index (χ1n) is 11.9. The van der Waals surface area contributed by atoms with Crippen molar-refractivity contribution in [3.8, 4) is 0 Å². The maximum Gasteiger partial charge on any atom is 0.392 e. The number of halogens is 4. The number of carbonyl (C=O) groups excluding carboxylic acids is 1. The number of piperidine rings is 1. The van der Waals surface area contributed by atoms with Crippen LogP contribution in [-0.2, 0) is 5.60 Å². The molecule has 0 bridgehead atoms. The second-order valence-corrected chi connectivity index (χ2v) is 10.1. The quantitative estimate of drug-likeness (QED) is 0.445. The Morgan fingerprint density at radius 2 is 1.86 bits per heavy atom. The van der Waals surface area contributed by atoms with Gasteiger partial charge in [-0.05, 0) is 58.3 Å². The molecule has 2 aliphatic rings. The molecule has 0 radical (unpaired) electrons. The van der Waals surface area contributed by atoms with Gasteiger partial charge in [-0.15, -0.1) is 0 Å². The average Bonchev–Trinajstić information content (AvgIpc) is 3.52. The van der Waals surface area contributed by atoms with Gasteiger partial charge in [0.05, 0.1) is 22.9 Å². The Labute approximate surface area is 204 Å². The van der Waals surface area contributed by atoms with E-state index < -0.39 is 35.3 Å². The zero-order chi connectivity index (χ0) is 25.8. The highest BCUT2D eigenvalue weighted by Crippen LogP contribution is 2.55. The lowest BCUT2D eigenvalue weighted by Gasteiger charge is -2.23. The molecule has 1 amide bonds. The zero-order valence-electron chi connectivity index (χ0n) is 19.9. The molecule has 3 aromatic rings. The molecule has 7 nitrogen and oxygen atoms in total. The Morgan fingerprint density at radius 1 is 1.14 bits per heavy atom. The number of pyridine rings is 2. The van der Waals surface area contributed by atoms with Crippen LogP contribution in [0.2, 0.25) is 0 Å². The van der Waals surface area contributed by atoms with E-state index >= 15 is 4.39 Å². The number of hydrogen-bond donors (Lipinski definition) is 3. The normalized spacial score (nSPS) is 21.1.